The molecule has 150 valence electrons. The number of likely N-dealkylation sites (tertiary alicyclic amines) is 1. The van der Waals surface area contributed by atoms with E-state index in [1.54, 1.807) is 10.7 Å². The number of halogens is 2. The molecule has 2 fully saturated rings. The van der Waals surface area contributed by atoms with Crippen molar-refractivity contribution in [2.24, 2.45) is 11.7 Å². The lowest BCUT2D eigenvalue weighted by Gasteiger charge is -2.33. The maximum absolute atomic E-state index is 12.4. The van der Waals surface area contributed by atoms with E-state index >= 15 is 0 Å². The maximum Gasteiger partial charge on any atom is 0.268 e. The van der Waals surface area contributed by atoms with Gasteiger partial charge in [0.15, 0.2) is 0 Å². The highest BCUT2D eigenvalue weighted by Gasteiger charge is 2.20. The Morgan fingerprint density at radius 3 is 2.50 bits per heavy atom. The van der Waals surface area contributed by atoms with E-state index in [0.29, 0.717) is 18.5 Å². The highest BCUT2D eigenvalue weighted by molar-refractivity contribution is 5.85. The van der Waals surface area contributed by atoms with Crippen LogP contribution in [0.15, 0.2) is 17.1 Å². The molecule has 0 aromatic carbocycles. The molecular formula is C18H33Cl2N5O. The number of hydrogen-bond acceptors (Lipinski definition) is 5. The Morgan fingerprint density at radius 2 is 1.88 bits per heavy atom. The first-order valence-electron chi connectivity index (χ1n) is 9.40. The molecule has 2 aliphatic rings. The Balaban J connectivity index is 0.00000169. The van der Waals surface area contributed by atoms with E-state index < -0.39 is 0 Å². The van der Waals surface area contributed by atoms with Gasteiger partial charge in [0, 0.05) is 31.7 Å². The van der Waals surface area contributed by atoms with Crippen molar-refractivity contribution in [2.75, 3.05) is 38.1 Å². The fourth-order valence-electron chi connectivity index (χ4n) is 3.97. The Morgan fingerprint density at radius 1 is 1.15 bits per heavy atom. The van der Waals surface area contributed by atoms with Crippen molar-refractivity contribution in [3.8, 4) is 0 Å². The molecule has 6 nitrogen and oxygen atoms in total. The van der Waals surface area contributed by atoms with Crippen molar-refractivity contribution in [3.63, 3.8) is 0 Å². The van der Waals surface area contributed by atoms with E-state index in [4.69, 9.17) is 5.73 Å². The highest BCUT2D eigenvalue weighted by atomic mass is 35.5. The van der Waals surface area contributed by atoms with Crippen LogP contribution in [0, 0.1) is 5.92 Å². The molecule has 3 heterocycles. The van der Waals surface area contributed by atoms with Crippen LogP contribution in [0.1, 0.15) is 38.5 Å². The lowest BCUT2D eigenvalue weighted by molar-refractivity contribution is 0.169. The predicted molar refractivity (Wildman–Crippen MR) is 112 cm³/mol. The second-order valence-corrected chi connectivity index (χ2v) is 7.36. The first-order valence-corrected chi connectivity index (χ1v) is 9.40. The van der Waals surface area contributed by atoms with Crippen LogP contribution in [-0.4, -0.2) is 53.9 Å². The molecule has 1 atom stereocenters. The Kier molecular flexibility index (Phi) is 9.93. The molecule has 0 aliphatic carbocycles. The number of piperidine rings is 2. The zero-order valence-corrected chi connectivity index (χ0v) is 17.3. The van der Waals surface area contributed by atoms with Crippen molar-refractivity contribution in [2.45, 2.75) is 51.1 Å². The van der Waals surface area contributed by atoms with Crippen LogP contribution in [0.25, 0.3) is 0 Å². The van der Waals surface area contributed by atoms with Gasteiger partial charge in [0.25, 0.3) is 5.56 Å². The van der Waals surface area contributed by atoms with E-state index in [1.165, 1.54) is 25.8 Å². The summed E-state index contributed by atoms with van der Waals surface area (Å²) in [6.45, 7) is 4.59. The van der Waals surface area contributed by atoms with Gasteiger partial charge in [-0.1, -0.05) is 6.42 Å². The van der Waals surface area contributed by atoms with Crippen LogP contribution in [-0.2, 0) is 6.54 Å². The average Bonchev–Trinajstić information content (AvgIpc) is 2.62. The maximum atomic E-state index is 12.4. The molecule has 2 saturated heterocycles. The second-order valence-electron chi connectivity index (χ2n) is 7.36. The van der Waals surface area contributed by atoms with Gasteiger partial charge in [-0.2, -0.15) is 5.10 Å². The number of aryl methyl sites for hydroxylation is 1. The Hall–Kier alpha value is -0.820. The van der Waals surface area contributed by atoms with Gasteiger partial charge in [0.05, 0.1) is 11.9 Å². The average molecular weight is 406 g/mol. The van der Waals surface area contributed by atoms with E-state index in [2.05, 4.69) is 21.9 Å². The molecule has 26 heavy (non-hydrogen) atoms. The lowest BCUT2D eigenvalue weighted by atomic mass is 9.97. The van der Waals surface area contributed by atoms with Gasteiger partial charge in [-0.3, -0.25) is 4.79 Å². The number of aromatic nitrogens is 2. The molecule has 0 saturated carbocycles. The highest BCUT2D eigenvalue weighted by Crippen LogP contribution is 2.21. The quantitative estimate of drug-likeness (QED) is 0.812. The predicted octanol–water partition coefficient (Wildman–Crippen LogP) is 2.14. The van der Waals surface area contributed by atoms with Gasteiger partial charge in [0.2, 0.25) is 0 Å². The summed E-state index contributed by atoms with van der Waals surface area (Å²) in [4.78, 5) is 17.1. The standard InChI is InChI=1S/C18H31N5O.2ClH/c1-21-8-3-2-4-16(21)7-11-23-18(24)12-17(14-20-23)22-9-5-15(13-19)6-10-22;;/h12,14-16H,2-11,13,19H2,1H3;2*1H. The minimum absolute atomic E-state index is 0. The zero-order chi connectivity index (χ0) is 16.9. The van der Waals surface area contributed by atoms with Crippen molar-refractivity contribution < 1.29 is 0 Å². The fourth-order valence-corrected chi connectivity index (χ4v) is 3.97. The van der Waals surface area contributed by atoms with E-state index in [9.17, 15) is 4.79 Å². The van der Waals surface area contributed by atoms with Crippen molar-refractivity contribution in [3.05, 3.63) is 22.6 Å². The number of hydrogen-bond donors (Lipinski definition) is 1. The lowest BCUT2D eigenvalue weighted by Crippen LogP contribution is -2.38. The topological polar surface area (TPSA) is 67.4 Å². The Labute approximate surface area is 168 Å². The zero-order valence-electron chi connectivity index (χ0n) is 15.7. The summed E-state index contributed by atoms with van der Waals surface area (Å²) < 4.78 is 1.62. The second kappa shape index (κ2) is 11.1. The van der Waals surface area contributed by atoms with E-state index in [1.807, 2.05) is 6.20 Å². The molecule has 0 radical (unpaired) electrons. The monoisotopic (exact) mass is 405 g/mol. The van der Waals surface area contributed by atoms with Gasteiger partial charge in [-0.25, -0.2) is 4.68 Å². The third kappa shape index (κ3) is 5.84. The molecule has 1 aromatic heterocycles. The number of nitrogens with two attached hydrogens (primary N) is 1. The first-order chi connectivity index (χ1) is 11.7. The third-order valence-corrected chi connectivity index (χ3v) is 5.76. The molecular weight excluding hydrogens is 373 g/mol. The molecule has 0 spiro atoms. The molecule has 1 aromatic rings. The number of anilines is 1. The van der Waals surface area contributed by atoms with Gasteiger partial charge in [-0.15, -0.1) is 24.8 Å². The van der Waals surface area contributed by atoms with Gasteiger partial charge >= 0.3 is 0 Å². The van der Waals surface area contributed by atoms with Crippen LogP contribution >= 0.6 is 24.8 Å². The number of rotatable bonds is 5. The minimum Gasteiger partial charge on any atom is -0.370 e. The van der Waals surface area contributed by atoms with Crippen LogP contribution in [0.3, 0.4) is 0 Å². The van der Waals surface area contributed by atoms with E-state index in [-0.39, 0.29) is 30.4 Å². The first kappa shape index (κ1) is 23.2. The SMILES string of the molecule is CN1CCCCC1CCn1ncc(N2CCC(CN)CC2)cc1=O.Cl.Cl. The van der Waals surface area contributed by atoms with Crippen LogP contribution in [0.2, 0.25) is 0 Å². The number of nitrogens with zero attached hydrogens (tertiary/aromatic N) is 4. The van der Waals surface area contributed by atoms with Crippen LogP contribution < -0.4 is 16.2 Å². The summed E-state index contributed by atoms with van der Waals surface area (Å²) in [7, 11) is 2.19. The summed E-state index contributed by atoms with van der Waals surface area (Å²) in [5.41, 5.74) is 6.73. The summed E-state index contributed by atoms with van der Waals surface area (Å²) in [6.07, 6.45) is 8.90. The molecule has 1 unspecified atom stereocenters. The summed E-state index contributed by atoms with van der Waals surface area (Å²) in [5.74, 6) is 0.627. The molecule has 3 rings (SSSR count). The van der Waals surface area contributed by atoms with Gasteiger partial charge in [-0.05, 0) is 58.2 Å². The molecule has 0 amide bonds. The minimum atomic E-state index is 0. The van der Waals surface area contributed by atoms with Gasteiger partial charge < -0.3 is 15.5 Å². The molecule has 0 bridgehead atoms. The summed E-state index contributed by atoms with van der Waals surface area (Å²) in [6, 6.07) is 2.34. The van der Waals surface area contributed by atoms with Crippen LogP contribution in [0.5, 0.6) is 0 Å². The smallest absolute Gasteiger partial charge is 0.268 e. The summed E-state index contributed by atoms with van der Waals surface area (Å²) >= 11 is 0. The summed E-state index contributed by atoms with van der Waals surface area (Å²) in [5, 5.41) is 4.42. The molecule has 2 aliphatic heterocycles. The normalized spacial score (nSPS) is 21.8. The van der Waals surface area contributed by atoms with Crippen LogP contribution in [0.4, 0.5) is 5.69 Å². The fraction of sp³-hybridized carbons (Fsp3) is 0.778. The Bertz CT molecular complexity index is 589. The molecule has 8 heteroatoms. The molecule has 2 N–H and O–H groups in total. The largest absolute Gasteiger partial charge is 0.370 e. The van der Waals surface area contributed by atoms with Crippen molar-refractivity contribution >= 4 is 30.5 Å². The van der Waals surface area contributed by atoms with E-state index in [0.717, 1.165) is 44.6 Å². The van der Waals surface area contributed by atoms with Gasteiger partial charge in [0.1, 0.15) is 0 Å². The third-order valence-electron chi connectivity index (χ3n) is 5.76. The van der Waals surface area contributed by atoms with Crippen molar-refractivity contribution in [1.29, 1.82) is 0 Å². The van der Waals surface area contributed by atoms with Crippen molar-refractivity contribution in [1.82, 2.24) is 14.7 Å².